The molecule has 18 heavy (non-hydrogen) atoms. The van der Waals surface area contributed by atoms with Gasteiger partial charge in [0, 0.05) is 12.4 Å². The molecule has 0 spiro atoms. The molecule has 1 saturated heterocycles. The summed E-state index contributed by atoms with van der Waals surface area (Å²) >= 11 is 0. The molecule has 2 atom stereocenters. The van der Waals surface area contributed by atoms with Crippen molar-refractivity contribution < 1.29 is 8.42 Å². The number of nitrogens with two attached hydrogens (primary N) is 1. The predicted molar refractivity (Wildman–Crippen MR) is 70.5 cm³/mol. The molecule has 0 amide bonds. The lowest BCUT2D eigenvalue weighted by atomic mass is 9.98. The second kappa shape index (κ2) is 5.34. The molecule has 1 aliphatic rings. The highest BCUT2D eigenvalue weighted by molar-refractivity contribution is 7.92. The Morgan fingerprint density at radius 2 is 2.28 bits per heavy atom. The van der Waals surface area contributed by atoms with Crippen molar-refractivity contribution in [1.82, 2.24) is 10.4 Å². The topological polar surface area (TPSA) is 85.1 Å². The van der Waals surface area contributed by atoms with Crippen molar-refractivity contribution in [1.29, 1.82) is 0 Å². The predicted octanol–water partition coefficient (Wildman–Crippen LogP) is 0.862. The largest absolute Gasteiger partial charge is 0.271 e. The second-order valence-electron chi connectivity index (χ2n) is 4.78. The molecule has 1 aromatic rings. The van der Waals surface area contributed by atoms with Gasteiger partial charge in [0.15, 0.2) is 9.84 Å². The number of hydrazine groups is 1. The van der Waals surface area contributed by atoms with Gasteiger partial charge in [0.1, 0.15) is 0 Å². The zero-order valence-electron chi connectivity index (χ0n) is 10.5. The Morgan fingerprint density at radius 3 is 2.89 bits per heavy atom. The summed E-state index contributed by atoms with van der Waals surface area (Å²) in [5.41, 5.74) is 4.54. The minimum absolute atomic E-state index is 0.259. The van der Waals surface area contributed by atoms with E-state index in [0.29, 0.717) is 6.42 Å². The average Bonchev–Trinajstić information content (AvgIpc) is 2.34. The van der Waals surface area contributed by atoms with Crippen LogP contribution in [0.3, 0.4) is 0 Å². The molecule has 0 saturated carbocycles. The minimum Gasteiger partial charge on any atom is -0.271 e. The monoisotopic (exact) mass is 269 g/mol. The molecule has 0 aliphatic carbocycles. The molecular weight excluding hydrogens is 250 g/mol. The Morgan fingerprint density at radius 1 is 1.50 bits per heavy atom. The van der Waals surface area contributed by atoms with Gasteiger partial charge in [-0.2, -0.15) is 0 Å². The normalized spacial score (nSPS) is 24.7. The van der Waals surface area contributed by atoms with Gasteiger partial charge in [-0.1, -0.05) is 6.42 Å². The standard InChI is InChI=1S/C12H19N3O2S/c1-9-5-6-14-8-10(9)12(15-13)11-4-2-3-7-18(11,16)17/h5-6,8,11-12,15H,2-4,7,13H2,1H3. The molecule has 0 radical (unpaired) electrons. The summed E-state index contributed by atoms with van der Waals surface area (Å²) < 4.78 is 24.3. The number of rotatable bonds is 3. The molecule has 100 valence electrons. The average molecular weight is 269 g/mol. The van der Waals surface area contributed by atoms with E-state index in [4.69, 9.17) is 5.84 Å². The van der Waals surface area contributed by atoms with Gasteiger partial charge in [-0.3, -0.25) is 16.3 Å². The van der Waals surface area contributed by atoms with Crippen LogP contribution in [0, 0.1) is 6.92 Å². The van der Waals surface area contributed by atoms with Gasteiger partial charge >= 0.3 is 0 Å². The van der Waals surface area contributed by atoms with Crippen LogP contribution >= 0.6 is 0 Å². The molecule has 0 aromatic carbocycles. The van der Waals surface area contributed by atoms with Crippen molar-refractivity contribution in [3.63, 3.8) is 0 Å². The highest BCUT2D eigenvalue weighted by Gasteiger charge is 2.36. The van der Waals surface area contributed by atoms with Crippen LogP contribution in [0.25, 0.3) is 0 Å². The quantitative estimate of drug-likeness (QED) is 0.628. The van der Waals surface area contributed by atoms with Crippen molar-refractivity contribution in [2.45, 2.75) is 37.5 Å². The lowest BCUT2D eigenvalue weighted by Crippen LogP contribution is -2.43. The van der Waals surface area contributed by atoms with Gasteiger partial charge in [0.25, 0.3) is 0 Å². The lowest BCUT2D eigenvalue weighted by Gasteiger charge is -2.30. The molecule has 6 heteroatoms. The number of pyridine rings is 1. The SMILES string of the molecule is Cc1ccncc1C(NN)C1CCCCS1(=O)=O. The van der Waals surface area contributed by atoms with Crippen molar-refractivity contribution in [3.8, 4) is 0 Å². The first-order valence-corrected chi connectivity index (χ1v) is 7.86. The maximum absolute atomic E-state index is 12.2. The Labute approximate surface area is 108 Å². The fraction of sp³-hybridized carbons (Fsp3) is 0.583. The van der Waals surface area contributed by atoms with Crippen LogP contribution in [0.2, 0.25) is 0 Å². The maximum Gasteiger partial charge on any atom is 0.155 e. The van der Waals surface area contributed by atoms with Crippen LogP contribution in [0.4, 0.5) is 0 Å². The molecular formula is C12H19N3O2S. The van der Waals surface area contributed by atoms with Crippen LogP contribution in [-0.4, -0.2) is 24.4 Å². The first-order chi connectivity index (χ1) is 8.56. The van der Waals surface area contributed by atoms with Gasteiger partial charge in [-0.05, 0) is 37.0 Å². The molecule has 2 unspecified atom stereocenters. The highest BCUT2D eigenvalue weighted by atomic mass is 32.2. The van der Waals surface area contributed by atoms with Gasteiger partial charge in [0.2, 0.25) is 0 Å². The van der Waals surface area contributed by atoms with Gasteiger partial charge in [-0.25, -0.2) is 8.42 Å². The number of aromatic nitrogens is 1. The second-order valence-corrected chi connectivity index (χ2v) is 7.12. The number of hydrogen-bond acceptors (Lipinski definition) is 5. The Bertz CT molecular complexity index is 516. The number of aryl methyl sites for hydroxylation is 1. The number of sulfone groups is 1. The van der Waals surface area contributed by atoms with Crippen LogP contribution < -0.4 is 11.3 Å². The van der Waals surface area contributed by atoms with Gasteiger partial charge < -0.3 is 0 Å². The van der Waals surface area contributed by atoms with Crippen LogP contribution in [0.1, 0.15) is 36.4 Å². The van der Waals surface area contributed by atoms with E-state index >= 15 is 0 Å². The van der Waals surface area contributed by atoms with E-state index in [1.165, 1.54) is 0 Å². The number of nitrogens with zero attached hydrogens (tertiary/aromatic N) is 1. The molecule has 2 heterocycles. The third-order valence-corrected chi connectivity index (χ3v) is 5.88. The van der Waals surface area contributed by atoms with E-state index in [0.717, 1.165) is 24.0 Å². The third kappa shape index (κ3) is 2.55. The van der Waals surface area contributed by atoms with Crippen molar-refractivity contribution >= 4 is 9.84 Å². The molecule has 2 rings (SSSR count). The Hall–Kier alpha value is -0.980. The van der Waals surface area contributed by atoms with E-state index in [9.17, 15) is 8.42 Å². The van der Waals surface area contributed by atoms with Crippen LogP contribution in [-0.2, 0) is 9.84 Å². The summed E-state index contributed by atoms with van der Waals surface area (Å²) in [6.07, 6.45) is 5.74. The lowest BCUT2D eigenvalue weighted by molar-refractivity contribution is 0.452. The minimum atomic E-state index is -3.07. The van der Waals surface area contributed by atoms with E-state index in [1.807, 2.05) is 13.0 Å². The fourth-order valence-electron chi connectivity index (χ4n) is 2.55. The summed E-state index contributed by atoms with van der Waals surface area (Å²) in [5.74, 6) is 5.84. The highest BCUT2D eigenvalue weighted by Crippen LogP contribution is 2.31. The van der Waals surface area contributed by atoms with E-state index in [2.05, 4.69) is 10.4 Å². The van der Waals surface area contributed by atoms with Crippen LogP contribution in [0.5, 0.6) is 0 Å². The van der Waals surface area contributed by atoms with Crippen molar-refractivity contribution in [3.05, 3.63) is 29.6 Å². The summed E-state index contributed by atoms with van der Waals surface area (Å²) in [5, 5.41) is -0.445. The molecule has 3 N–H and O–H groups in total. The zero-order valence-corrected chi connectivity index (χ0v) is 11.3. The van der Waals surface area contributed by atoms with Crippen molar-refractivity contribution in [2.75, 3.05) is 5.75 Å². The maximum atomic E-state index is 12.2. The van der Waals surface area contributed by atoms with Crippen LogP contribution in [0.15, 0.2) is 18.5 Å². The summed E-state index contributed by atoms with van der Waals surface area (Å²) in [6, 6.07) is 1.50. The molecule has 0 bridgehead atoms. The smallest absolute Gasteiger partial charge is 0.155 e. The molecule has 1 aromatic heterocycles. The number of nitrogens with one attached hydrogen (secondary N) is 1. The van der Waals surface area contributed by atoms with Gasteiger partial charge in [-0.15, -0.1) is 0 Å². The third-order valence-electron chi connectivity index (χ3n) is 3.59. The first kappa shape index (κ1) is 13.5. The summed E-state index contributed by atoms with van der Waals surface area (Å²) in [6.45, 7) is 1.94. The summed E-state index contributed by atoms with van der Waals surface area (Å²) in [4.78, 5) is 4.07. The Kier molecular flexibility index (Phi) is 3.99. The first-order valence-electron chi connectivity index (χ1n) is 6.14. The van der Waals surface area contributed by atoms with E-state index in [-0.39, 0.29) is 11.8 Å². The molecule has 1 fully saturated rings. The van der Waals surface area contributed by atoms with Crippen molar-refractivity contribution in [2.24, 2.45) is 5.84 Å². The van der Waals surface area contributed by atoms with E-state index in [1.54, 1.807) is 12.4 Å². The van der Waals surface area contributed by atoms with Gasteiger partial charge in [0.05, 0.1) is 17.0 Å². The Balaban J connectivity index is 2.37. The van der Waals surface area contributed by atoms with E-state index < -0.39 is 15.1 Å². The number of hydrogen-bond donors (Lipinski definition) is 2. The summed E-state index contributed by atoms with van der Waals surface area (Å²) in [7, 11) is -3.07. The fourth-order valence-corrected chi connectivity index (χ4v) is 4.63. The zero-order chi connectivity index (χ0) is 13.2. The molecule has 5 nitrogen and oxygen atoms in total. The molecule has 1 aliphatic heterocycles.